The molecule has 27 heavy (non-hydrogen) atoms. The summed E-state index contributed by atoms with van der Waals surface area (Å²) >= 11 is 1.57. The Hall–Kier alpha value is -1.53. The van der Waals surface area contributed by atoms with Crippen LogP contribution in [0.5, 0.6) is 0 Å². The maximum Gasteiger partial charge on any atom is 0.285 e. The first-order valence-corrected chi connectivity index (χ1v) is 12.3. The maximum absolute atomic E-state index is 13.0. The van der Waals surface area contributed by atoms with Gasteiger partial charge in [0, 0.05) is 6.92 Å². The number of ketones is 1. The van der Waals surface area contributed by atoms with E-state index in [2.05, 4.69) is 5.10 Å². The topological polar surface area (TPSA) is 52.0 Å². The highest BCUT2D eigenvalue weighted by molar-refractivity contribution is 7.99. The summed E-state index contributed by atoms with van der Waals surface area (Å²) in [4.78, 5) is 25.7. The molecule has 1 aliphatic rings. The van der Waals surface area contributed by atoms with Gasteiger partial charge in [0.1, 0.15) is 23.0 Å². The molecule has 0 saturated carbocycles. The van der Waals surface area contributed by atoms with Crippen molar-refractivity contribution >= 4 is 28.4 Å². The second kappa shape index (κ2) is 9.60. The predicted molar refractivity (Wildman–Crippen MR) is 116 cm³/mol. The highest BCUT2D eigenvalue weighted by Crippen LogP contribution is 2.23. The number of benzene rings is 1. The molecule has 1 aromatic heterocycles. The van der Waals surface area contributed by atoms with Gasteiger partial charge in [0.15, 0.2) is 5.78 Å². The van der Waals surface area contributed by atoms with Gasteiger partial charge in [-0.3, -0.25) is 9.59 Å². The van der Waals surface area contributed by atoms with Crippen LogP contribution in [0.15, 0.2) is 40.0 Å². The maximum atomic E-state index is 13.0. The molecule has 4 nitrogen and oxygen atoms in total. The van der Waals surface area contributed by atoms with Crippen molar-refractivity contribution in [1.29, 1.82) is 0 Å². The summed E-state index contributed by atoms with van der Waals surface area (Å²) in [7, 11) is 0.648. The fraction of sp³-hybridized carbons (Fsp3) is 0.476. The molecule has 0 spiro atoms. The van der Waals surface area contributed by atoms with E-state index in [1.54, 1.807) is 11.8 Å². The molecule has 0 atom stereocenters. The lowest BCUT2D eigenvalue weighted by Crippen LogP contribution is -2.27. The van der Waals surface area contributed by atoms with Crippen molar-refractivity contribution in [1.82, 2.24) is 9.78 Å². The number of carbonyl (C=O) groups is 1. The fourth-order valence-electron chi connectivity index (χ4n) is 3.33. The Kier molecular flexibility index (Phi) is 7.19. The zero-order valence-corrected chi connectivity index (χ0v) is 17.7. The zero-order chi connectivity index (χ0) is 19.2. The van der Waals surface area contributed by atoms with Crippen molar-refractivity contribution in [3.63, 3.8) is 0 Å². The van der Waals surface area contributed by atoms with Crippen LogP contribution in [0.4, 0.5) is 0 Å². The predicted octanol–water partition coefficient (Wildman–Crippen LogP) is 4.03. The number of aromatic nitrogens is 2. The highest BCUT2D eigenvalue weighted by Gasteiger charge is 2.23. The molecule has 144 valence electrons. The van der Waals surface area contributed by atoms with E-state index in [0.717, 1.165) is 12.2 Å². The van der Waals surface area contributed by atoms with Crippen LogP contribution in [0.3, 0.4) is 0 Å². The Morgan fingerprint density at radius 1 is 1.19 bits per heavy atom. The summed E-state index contributed by atoms with van der Waals surface area (Å²) < 4.78 is 1.37. The third-order valence-corrected chi connectivity index (χ3v) is 8.67. The van der Waals surface area contributed by atoms with Gasteiger partial charge >= 0.3 is 0 Å². The van der Waals surface area contributed by atoms with E-state index < -0.39 is 0 Å². The molecule has 2 heterocycles. The van der Waals surface area contributed by atoms with Crippen LogP contribution < -0.4 is 5.56 Å². The lowest BCUT2D eigenvalue weighted by Gasteiger charge is -2.12. The van der Waals surface area contributed by atoms with E-state index in [-0.39, 0.29) is 11.3 Å². The van der Waals surface area contributed by atoms with Crippen LogP contribution in [0.1, 0.15) is 48.7 Å². The second-order valence-electron chi connectivity index (χ2n) is 6.90. The Labute approximate surface area is 168 Å². The van der Waals surface area contributed by atoms with E-state index in [1.165, 1.54) is 48.1 Å². The van der Waals surface area contributed by atoms with Crippen LogP contribution >= 0.6 is 11.8 Å². The zero-order valence-electron chi connectivity index (χ0n) is 16.1. The smallest absolute Gasteiger partial charge is 0.285 e. The average molecular weight is 404 g/mol. The summed E-state index contributed by atoms with van der Waals surface area (Å²) in [6.07, 6.45) is 5.14. The first-order valence-electron chi connectivity index (χ1n) is 9.55. The summed E-state index contributed by atoms with van der Waals surface area (Å²) in [5.74, 6) is 4.97. The third-order valence-electron chi connectivity index (χ3n) is 4.81. The number of unbranched alkanes of at least 4 members (excludes halogenated alkanes) is 1. The number of rotatable bonds is 8. The van der Waals surface area contributed by atoms with E-state index in [0.29, 0.717) is 32.7 Å². The fourth-order valence-corrected chi connectivity index (χ4v) is 6.86. The van der Waals surface area contributed by atoms with Crippen molar-refractivity contribution in [3.05, 3.63) is 51.9 Å². The minimum absolute atomic E-state index is 0.110. The molecule has 1 fully saturated rings. The second-order valence-corrected chi connectivity index (χ2v) is 10.5. The lowest BCUT2D eigenvalue weighted by atomic mass is 10.2. The third kappa shape index (κ3) is 5.05. The standard InChI is InChI=1S/C21H27N2O2S2/c1-16-19(17(2)24)22-23(18-10-4-3-5-11-18)21(25)20(16)26-12-6-7-13-27-14-8-9-15-27/h3-5,10-11H,6-9,12-15H2,1-2H3/q+1. The number of hydrogen-bond acceptors (Lipinski definition) is 4. The minimum Gasteiger partial charge on any atom is -0.293 e. The molecule has 0 radical (unpaired) electrons. The van der Waals surface area contributed by atoms with Gasteiger partial charge in [-0.15, -0.1) is 11.8 Å². The molecule has 2 aromatic rings. The number of carbonyl (C=O) groups excluding carboxylic acids is 1. The van der Waals surface area contributed by atoms with Gasteiger partial charge in [-0.05, 0) is 67.0 Å². The molecular formula is C21H27N2O2S2+. The van der Waals surface area contributed by atoms with Crippen LogP contribution in [0.25, 0.3) is 5.69 Å². The molecule has 3 rings (SSSR count). The Balaban J connectivity index is 1.75. The van der Waals surface area contributed by atoms with Gasteiger partial charge in [0.05, 0.1) is 10.6 Å². The lowest BCUT2D eigenvalue weighted by molar-refractivity contribution is 0.101. The van der Waals surface area contributed by atoms with E-state index in [9.17, 15) is 9.59 Å². The number of hydrogen-bond donors (Lipinski definition) is 0. The quantitative estimate of drug-likeness (QED) is 0.289. The van der Waals surface area contributed by atoms with Crippen LogP contribution in [0, 0.1) is 6.92 Å². The van der Waals surface area contributed by atoms with Crippen molar-refractivity contribution < 1.29 is 4.79 Å². The number of Topliss-reactive ketones (excluding diaryl/α,β-unsaturated/α-hetero) is 1. The van der Waals surface area contributed by atoms with Gasteiger partial charge in [-0.2, -0.15) is 9.78 Å². The van der Waals surface area contributed by atoms with Gasteiger partial charge in [0.2, 0.25) is 0 Å². The molecule has 6 heteroatoms. The van der Waals surface area contributed by atoms with Gasteiger partial charge in [-0.1, -0.05) is 18.2 Å². The SMILES string of the molecule is CC(=O)c1nn(-c2ccccc2)c(=O)c(SCCCC[S+]2CCCC2)c1C. The first kappa shape index (κ1) is 20.2. The molecule has 0 amide bonds. The summed E-state index contributed by atoms with van der Waals surface area (Å²) in [6, 6.07) is 9.31. The van der Waals surface area contributed by atoms with Gasteiger partial charge in [0.25, 0.3) is 5.56 Å². The highest BCUT2D eigenvalue weighted by atomic mass is 32.2. The summed E-state index contributed by atoms with van der Waals surface area (Å²) in [5.41, 5.74) is 1.65. The van der Waals surface area contributed by atoms with Crippen molar-refractivity contribution in [2.75, 3.05) is 23.0 Å². The Bertz CT molecular complexity index is 843. The van der Waals surface area contributed by atoms with Crippen LogP contribution in [0.2, 0.25) is 0 Å². The first-order chi connectivity index (χ1) is 13.1. The Morgan fingerprint density at radius 2 is 1.89 bits per heavy atom. The normalized spacial score (nSPS) is 14.6. The summed E-state index contributed by atoms with van der Waals surface area (Å²) in [6.45, 7) is 3.34. The molecule has 1 saturated heterocycles. The number of thioether (sulfide) groups is 1. The summed E-state index contributed by atoms with van der Waals surface area (Å²) in [5, 5.41) is 4.34. The molecule has 0 unspecified atom stereocenters. The minimum atomic E-state index is -0.133. The molecular weight excluding hydrogens is 376 g/mol. The Morgan fingerprint density at radius 3 is 2.56 bits per heavy atom. The van der Waals surface area contributed by atoms with E-state index in [4.69, 9.17) is 0 Å². The van der Waals surface area contributed by atoms with Gasteiger partial charge < -0.3 is 0 Å². The largest absolute Gasteiger partial charge is 0.293 e. The van der Waals surface area contributed by atoms with Gasteiger partial charge in [-0.25, -0.2) is 0 Å². The van der Waals surface area contributed by atoms with Crippen molar-refractivity contribution in [2.45, 2.75) is 44.4 Å². The number of para-hydroxylation sites is 1. The van der Waals surface area contributed by atoms with Crippen molar-refractivity contribution in [2.24, 2.45) is 0 Å². The number of nitrogens with zero attached hydrogens (tertiary/aromatic N) is 2. The average Bonchev–Trinajstić information content (AvgIpc) is 3.18. The molecule has 1 aromatic carbocycles. The molecule has 1 aliphatic heterocycles. The van der Waals surface area contributed by atoms with E-state index >= 15 is 0 Å². The van der Waals surface area contributed by atoms with Crippen LogP contribution in [-0.2, 0) is 10.9 Å². The molecule has 0 bridgehead atoms. The molecule has 0 aliphatic carbocycles. The molecule has 0 N–H and O–H groups in total. The van der Waals surface area contributed by atoms with Crippen molar-refractivity contribution in [3.8, 4) is 5.69 Å². The van der Waals surface area contributed by atoms with Crippen LogP contribution in [-0.4, -0.2) is 38.6 Å². The monoisotopic (exact) mass is 403 g/mol. The van der Waals surface area contributed by atoms with E-state index in [1.807, 2.05) is 37.3 Å².